The zero-order valence-corrected chi connectivity index (χ0v) is 14.4. The van der Waals surface area contributed by atoms with Crippen LogP contribution in [-0.2, 0) is 4.74 Å². The highest BCUT2D eigenvalue weighted by Gasteiger charge is 2.28. The highest BCUT2D eigenvalue weighted by Crippen LogP contribution is 2.25. The lowest BCUT2D eigenvalue weighted by molar-refractivity contribution is 0.0475. The number of carbonyl (C=O) groups is 1. The number of hydrogen-bond donors (Lipinski definition) is 0. The number of ether oxygens (including phenoxy) is 1. The standard InChI is InChI=1S/C18H31NO2/c1-13(2)11-12-17(16-9-7-8-10-16)21-18(20)19(14(3)4)15(5)6/h7,9,11-17H,8,10H2,1-6H3/b12-11+. The Kier molecular flexibility index (Phi) is 7.00. The van der Waals surface area contributed by atoms with E-state index in [-0.39, 0.29) is 24.3 Å². The first-order valence-electron chi connectivity index (χ1n) is 8.16. The van der Waals surface area contributed by atoms with Gasteiger partial charge in [-0.2, -0.15) is 0 Å². The van der Waals surface area contributed by atoms with Crippen LogP contribution >= 0.6 is 0 Å². The molecular formula is C18H31NO2. The van der Waals surface area contributed by atoms with Crippen molar-refractivity contribution in [3.05, 3.63) is 24.3 Å². The van der Waals surface area contributed by atoms with Crippen LogP contribution in [0, 0.1) is 11.8 Å². The van der Waals surface area contributed by atoms with Crippen molar-refractivity contribution in [1.29, 1.82) is 0 Å². The Hall–Kier alpha value is -1.25. The molecule has 1 aliphatic carbocycles. The van der Waals surface area contributed by atoms with Gasteiger partial charge in [0, 0.05) is 18.0 Å². The molecule has 0 saturated heterocycles. The lowest BCUT2D eigenvalue weighted by Gasteiger charge is -2.32. The van der Waals surface area contributed by atoms with Crippen molar-refractivity contribution in [3.63, 3.8) is 0 Å². The Morgan fingerprint density at radius 2 is 1.76 bits per heavy atom. The summed E-state index contributed by atoms with van der Waals surface area (Å²) in [6, 6.07) is 0.290. The molecule has 0 bridgehead atoms. The summed E-state index contributed by atoms with van der Waals surface area (Å²) in [7, 11) is 0. The normalized spacial score (nSPS) is 20.0. The molecule has 3 nitrogen and oxygen atoms in total. The smallest absolute Gasteiger partial charge is 0.410 e. The van der Waals surface area contributed by atoms with Crippen LogP contribution in [0.1, 0.15) is 54.4 Å². The lowest BCUT2D eigenvalue weighted by atomic mass is 10.00. The Labute approximate surface area is 130 Å². The molecule has 3 heteroatoms. The van der Waals surface area contributed by atoms with Crippen molar-refractivity contribution < 1.29 is 9.53 Å². The van der Waals surface area contributed by atoms with E-state index in [9.17, 15) is 4.79 Å². The van der Waals surface area contributed by atoms with Gasteiger partial charge in [0.25, 0.3) is 0 Å². The van der Waals surface area contributed by atoms with Crippen molar-refractivity contribution in [3.8, 4) is 0 Å². The average Bonchev–Trinajstić information content (AvgIpc) is 2.86. The van der Waals surface area contributed by atoms with Gasteiger partial charge in [0.15, 0.2) is 0 Å². The van der Waals surface area contributed by atoms with Gasteiger partial charge in [0.2, 0.25) is 0 Å². The maximum absolute atomic E-state index is 12.5. The fraction of sp³-hybridized carbons (Fsp3) is 0.722. The fourth-order valence-electron chi connectivity index (χ4n) is 2.73. The summed E-state index contributed by atoms with van der Waals surface area (Å²) in [5.41, 5.74) is 0. The van der Waals surface area contributed by atoms with Crippen molar-refractivity contribution in [2.24, 2.45) is 11.8 Å². The Bertz CT molecular complexity index is 375. The first-order valence-corrected chi connectivity index (χ1v) is 8.16. The molecule has 0 fully saturated rings. The molecule has 0 heterocycles. The first kappa shape index (κ1) is 17.8. The molecule has 120 valence electrons. The average molecular weight is 293 g/mol. The number of allylic oxidation sites excluding steroid dienone is 2. The van der Waals surface area contributed by atoms with Crippen LogP contribution in [0.2, 0.25) is 0 Å². The van der Waals surface area contributed by atoms with Gasteiger partial charge >= 0.3 is 6.09 Å². The monoisotopic (exact) mass is 293 g/mol. The van der Waals surface area contributed by atoms with Gasteiger partial charge in [0.05, 0.1) is 0 Å². The molecule has 21 heavy (non-hydrogen) atoms. The molecule has 1 rings (SSSR count). The summed E-state index contributed by atoms with van der Waals surface area (Å²) in [5, 5.41) is 0. The van der Waals surface area contributed by atoms with E-state index >= 15 is 0 Å². The Morgan fingerprint density at radius 1 is 1.14 bits per heavy atom. The van der Waals surface area contributed by atoms with Crippen molar-refractivity contribution in [1.82, 2.24) is 4.90 Å². The summed E-state index contributed by atoms with van der Waals surface area (Å²) in [6.07, 6.45) is 10.3. The van der Waals surface area contributed by atoms with E-state index in [0.717, 1.165) is 12.8 Å². The second-order valence-electron chi connectivity index (χ2n) is 6.74. The molecule has 1 amide bonds. The Balaban J connectivity index is 2.79. The molecule has 0 aliphatic heterocycles. The van der Waals surface area contributed by atoms with E-state index in [1.807, 2.05) is 27.7 Å². The maximum Gasteiger partial charge on any atom is 0.410 e. The third-order valence-electron chi connectivity index (χ3n) is 3.72. The zero-order valence-electron chi connectivity index (χ0n) is 14.4. The topological polar surface area (TPSA) is 29.5 Å². The second kappa shape index (κ2) is 8.26. The van der Waals surface area contributed by atoms with Gasteiger partial charge in [-0.3, -0.25) is 0 Å². The van der Waals surface area contributed by atoms with Crippen molar-refractivity contribution >= 4 is 6.09 Å². The molecule has 0 spiro atoms. The minimum Gasteiger partial charge on any atom is -0.441 e. The van der Waals surface area contributed by atoms with E-state index < -0.39 is 0 Å². The number of amides is 1. The molecule has 2 atom stereocenters. The van der Waals surface area contributed by atoms with E-state index in [4.69, 9.17) is 4.74 Å². The molecule has 0 aromatic heterocycles. The largest absolute Gasteiger partial charge is 0.441 e. The molecule has 0 radical (unpaired) electrons. The highest BCUT2D eigenvalue weighted by molar-refractivity contribution is 5.68. The number of hydrogen-bond acceptors (Lipinski definition) is 2. The predicted molar refractivity (Wildman–Crippen MR) is 88.2 cm³/mol. The fourth-order valence-corrected chi connectivity index (χ4v) is 2.73. The number of carbonyl (C=O) groups excluding carboxylic acids is 1. The van der Waals surface area contributed by atoms with Gasteiger partial charge in [-0.15, -0.1) is 0 Å². The van der Waals surface area contributed by atoms with Crippen LogP contribution in [0.25, 0.3) is 0 Å². The number of rotatable bonds is 6. The summed E-state index contributed by atoms with van der Waals surface area (Å²) >= 11 is 0. The van der Waals surface area contributed by atoms with E-state index in [1.165, 1.54) is 0 Å². The minimum absolute atomic E-state index is 0.145. The molecular weight excluding hydrogens is 262 g/mol. The molecule has 0 aromatic rings. The maximum atomic E-state index is 12.5. The van der Waals surface area contributed by atoms with E-state index in [1.54, 1.807) is 4.90 Å². The van der Waals surface area contributed by atoms with Crippen LogP contribution in [0.5, 0.6) is 0 Å². The van der Waals surface area contributed by atoms with Gasteiger partial charge in [-0.05, 0) is 52.5 Å². The summed E-state index contributed by atoms with van der Waals surface area (Å²) in [5.74, 6) is 0.771. The van der Waals surface area contributed by atoms with Gasteiger partial charge < -0.3 is 9.64 Å². The Morgan fingerprint density at radius 3 is 2.19 bits per heavy atom. The lowest BCUT2D eigenvalue weighted by Crippen LogP contribution is -2.44. The van der Waals surface area contributed by atoms with Crippen LogP contribution in [0.4, 0.5) is 4.79 Å². The van der Waals surface area contributed by atoms with Crippen LogP contribution in [0.3, 0.4) is 0 Å². The molecule has 0 saturated carbocycles. The molecule has 1 aliphatic rings. The van der Waals surface area contributed by atoms with Crippen LogP contribution in [-0.4, -0.2) is 29.2 Å². The quantitative estimate of drug-likeness (QED) is 0.659. The van der Waals surface area contributed by atoms with Gasteiger partial charge in [-0.1, -0.05) is 32.1 Å². The van der Waals surface area contributed by atoms with E-state index in [2.05, 4.69) is 38.2 Å². The second-order valence-corrected chi connectivity index (χ2v) is 6.74. The van der Waals surface area contributed by atoms with Crippen molar-refractivity contribution in [2.75, 3.05) is 0 Å². The number of nitrogens with zero attached hydrogens (tertiary/aromatic N) is 1. The summed E-state index contributed by atoms with van der Waals surface area (Å²) in [4.78, 5) is 14.3. The summed E-state index contributed by atoms with van der Waals surface area (Å²) < 4.78 is 5.82. The molecule has 2 unspecified atom stereocenters. The molecule has 0 N–H and O–H groups in total. The zero-order chi connectivity index (χ0) is 16.0. The van der Waals surface area contributed by atoms with E-state index in [0.29, 0.717) is 11.8 Å². The first-order chi connectivity index (χ1) is 9.82. The third kappa shape index (κ3) is 5.56. The van der Waals surface area contributed by atoms with Crippen LogP contribution < -0.4 is 0 Å². The third-order valence-corrected chi connectivity index (χ3v) is 3.72. The highest BCUT2D eigenvalue weighted by atomic mass is 16.6. The minimum atomic E-state index is -0.210. The van der Waals surface area contributed by atoms with Gasteiger partial charge in [0.1, 0.15) is 6.10 Å². The summed E-state index contributed by atoms with van der Waals surface area (Å²) in [6.45, 7) is 12.4. The van der Waals surface area contributed by atoms with Crippen molar-refractivity contribution in [2.45, 2.75) is 72.6 Å². The van der Waals surface area contributed by atoms with Gasteiger partial charge in [-0.25, -0.2) is 4.79 Å². The SMILES string of the molecule is CC(C)/C=C/C(OC(=O)N(C(C)C)C(C)C)C1C=CCC1. The molecule has 0 aromatic carbocycles. The van der Waals surface area contributed by atoms with Crippen LogP contribution in [0.15, 0.2) is 24.3 Å². The predicted octanol–water partition coefficient (Wildman–Crippen LogP) is 4.79.